The third-order valence-corrected chi connectivity index (χ3v) is 5.16. The highest BCUT2D eigenvalue weighted by molar-refractivity contribution is 5.87. The number of nitrogens with one attached hydrogen (secondary N) is 1. The summed E-state index contributed by atoms with van der Waals surface area (Å²) in [5.74, 6) is 0.118. The Balaban J connectivity index is 1.90. The lowest BCUT2D eigenvalue weighted by atomic mass is 10.1. The molecule has 0 aliphatic rings. The van der Waals surface area contributed by atoms with Crippen LogP contribution >= 0.6 is 0 Å². The van der Waals surface area contributed by atoms with E-state index in [9.17, 15) is 9.59 Å². The first-order valence-electron chi connectivity index (χ1n) is 10.4. The van der Waals surface area contributed by atoms with Crippen LogP contribution in [-0.2, 0) is 4.79 Å². The van der Waals surface area contributed by atoms with E-state index < -0.39 is 6.04 Å². The summed E-state index contributed by atoms with van der Waals surface area (Å²) >= 11 is 0. The van der Waals surface area contributed by atoms with Gasteiger partial charge in [0.25, 0.3) is 5.56 Å². The van der Waals surface area contributed by atoms with Crippen molar-refractivity contribution in [2.24, 2.45) is 0 Å². The molecular formula is C24H24N4O3. The van der Waals surface area contributed by atoms with Crippen molar-refractivity contribution in [3.63, 3.8) is 0 Å². The SMILES string of the molecule is CCCCCNC(=O)C(c1ccncc1)n1c(=O)c(-c2ccco2)nc2ccccc21. The second-order valence-electron chi connectivity index (χ2n) is 7.28. The van der Waals surface area contributed by atoms with Crippen LogP contribution in [0, 0.1) is 0 Å². The molecule has 4 rings (SSSR count). The number of para-hydroxylation sites is 2. The van der Waals surface area contributed by atoms with Crippen molar-refractivity contribution in [3.05, 3.63) is 83.1 Å². The molecule has 0 saturated heterocycles. The van der Waals surface area contributed by atoms with Crippen LogP contribution in [0.2, 0.25) is 0 Å². The van der Waals surface area contributed by atoms with Crippen LogP contribution in [0.4, 0.5) is 0 Å². The molecule has 0 aliphatic heterocycles. The average Bonchev–Trinajstić information content (AvgIpc) is 3.33. The summed E-state index contributed by atoms with van der Waals surface area (Å²) in [5.41, 5.74) is 1.63. The molecule has 4 aromatic rings. The van der Waals surface area contributed by atoms with Gasteiger partial charge in [-0.25, -0.2) is 4.98 Å². The van der Waals surface area contributed by atoms with Crippen LogP contribution < -0.4 is 10.9 Å². The number of amides is 1. The predicted molar refractivity (Wildman–Crippen MR) is 119 cm³/mol. The largest absolute Gasteiger partial charge is 0.463 e. The predicted octanol–water partition coefficient (Wildman–Crippen LogP) is 3.95. The number of hydrogen-bond donors (Lipinski definition) is 1. The van der Waals surface area contributed by atoms with Gasteiger partial charge in [0.05, 0.1) is 17.3 Å². The smallest absolute Gasteiger partial charge is 0.281 e. The highest BCUT2D eigenvalue weighted by atomic mass is 16.3. The van der Waals surface area contributed by atoms with Gasteiger partial charge >= 0.3 is 0 Å². The van der Waals surface area contributed by atoms with E-state index in [1.807, 2.05) is 18.2 Å². The summed E-state index contributed by atoms with van der Waals surface area (Å²) in [7, 11) is 0. The number of pyridine rings is 1. The van der Waals surface area contributed by atoms with Crippen molar-refractivity contribution in [1.82, 2.24) is 19.9 Å². The molecule has 1 atom stereocenters. The van der Waals surface area contributed by atoms with E-state index in [2.05, 4.69) is 22.2 Å². The molecule has 1 amide bonds. The Hall–Kier alpha value is -3.74. The number of aromatic nitrogens is 3. The first-order chi connectivity index (χ1) is 15.2. The number of rotatable bonds is 8. The van der Waals surface area contributed by atoms with Gasteiger partial charge in [-0.15, -0.1) is 0 Å². The maximum atomic E-state index is 13.6. The van der Waals surface area contributed by atoms with Gasteiger partial charge in [0.1, 0.15) is 6.04 Å². The maximum absolute atomic E-state index is 13.6. The van der Waals surface area contributed by atoms with Gasteiger partial charge in [-0.1, -0.05) is 31.9 Å². The number of hydrogen-bond acceptors (Lipinski definition) is 5. The Kier molecular flexibility index (Phi) is 6.21. The zero-order valence-electron chi connectivity index (χ0n) is 17.3. The molecular weight excluding hydrogens is 392 g/mol. The number of carbonyl (C=O) groups excluding carboxylic acids is 1. The van der Waals surface area contributed by atoms with Crippen molar-refractivity contribution in [2.75, 3.05) is 6.54 Å². The minimum Gasteiger partial charge on any atom is -0.463 e. The van der Waals surface area contributed by atoms with Crippen LogP contribution in [0.1, 0.15) is 37.8 Å². The molecule has 1 N–H and O–H groups in total. The molecule has 3 heterocycles. The third kappa shape index (κ3) is 4.26. The third-order valence-electron chi connectivity index (χ3n) is 5.16. The van der Waals surface area contributed by atoms with Gasteiger partial charge in [0, 0.05) is 18.9 Å². The van der Waals surface area contributed by atoms with Crippen molar-refractivity contribution in [1.29, 1.82) is 0 Å². The lowest BCUT2D eigenvalue weighted by Crippen LogP contribution is -2.39. The summed E-state index contributed by atoms with van der Waals surface area (Å²) in [6.45, 7) is 2.66. The topological polar surface area (TPSA) is 90.0 Å². The van der Waals surface area contributed by atoms with Gasteiger partial charge in [0.2, 0.25) is 5.91 Å². The standard InChI is InChI=1S/C24H24N4O3/c1-2-3-6-13-26-23(29)22(17-11-14-25-15-12-17)28-19-9-5-4-8-18(19)27-21(24(28)30)20-10-7-16-31-20/h4-5,7-12,14-16,22H,2-3,6,13H2,1H3,(H,26,29). The van der Waals surface area contributed by atoms with Crippen LogP contribution in [0.15, 0.2) is 76.4 Å². The number of fused-ring (bicyclic) bond motifs is 1. The quantitative estimate of drug-likeness (QED) is 0.439. The molecule has 0 bridgehead atoms. The van der Waals surface area contributed by atoms with Crippen LogP contribution in [0.3, 0.4) is 0 Å². The summed E-state index contributed by atoms with van der Waals surface area (Å²) in [6, 6.07) is 13.3. The summed E-state index contributed by atoms with van der Waals surface area (Å²) < 4.78 is 6.96. The van der Waals surface area contributed by atoms with Gasteiger partial charge in [-0.3, -0.25) is 19.1 Å². The van der Waals surface area contributed by atoms with Gasteiger partial charge < -0.3 is 9.73 Å². The highest BCUT2D eigenvalue weighted by Gasteiger charge is 2.27. The summed E-state index contributed by atoms with van der Waals surface area (Å²) in [4.78, 5) is 35.6. The van der Waals surface area contributed by atoms with E-state index in [0.717, 1.165) is 19.3 Å². The molecule has 7 heteroatoms. The number of nitrogens with zero attached hydrogens (tertiary/aromatic N) is 3. The van der Waals surface area contributed by atoms with E-state index >= 15 is 0 Å². The molecule has 0 saturated carbocycles. The minimum atomic E-state index is -0.862. The van der Waals surface area contributed by atoms with Crippen molar-refractivity contribution in [3.8, 4) is 11.5 Å². The monoisotopic (exact) mass is 416 g/mol. The molecule has 7 nitrogen and oxygen atoms in total. The highest BCUT2D eigenvalue weighted by Crippen LogP contribution is 2.24. The fourth-order valence-corrected chi connectivity index (χ4v) is 3.63. The van der Waals surface area contributed by atoms with Gasteiger partial charge in [-0.05, 0) is 48.4 Å². The molecule has 158 valence electrons. The Labute approximate surface area is 179 Å². The Morgan fingerprint density at radius 3 is 2.65 bits per heavy atom. The lowest BCUT2D eigenvalue weighted by molar-refractivity contribution is -0.123. The molecule has 1 aromatic carbocycles. The number of carbonyl (C=O) groups is 1. The number of furan rings is 1. The van der Waals surface area contributed by atoms with E-state index in [4.69, 9.17) is 4.42 Å². The zero-order valence-corrected chi connectivity index (χ0v) is 17.3. The van der Waals surface area contributed by atoms with Crippen LogP contribution in [0.5, 0.6) is 0 Å². The van der Waals surface area contributed by atoms with E-state index in [1.54, 1.807) is 42.7 Å². The first kappa shape index (κ1) is 20.5. The Bertz CT molecular complexity index is 1220. The molecule has 0 spiro atoms. The first-order valence-corrected chi connectivity index (χ1v) is 10.4. The minimum absolute atomic E-state index is 0.168. The van der Waals surface area contributed by atoms with Crippen LogP contribution in [-0.4, -0.2) is 27.0 Å². The molecule has 1 unspecified atom stereocenters. The normalized spacial score (nSPS) is 12.0. The average molecular weight is 416 g/mol. The molecule has 0 fully saturated rings. The van der Waals surface area contributed by atoms with Crippen LogP contribution in [0.25, 0.3) is 22.5 Å². The van der Waals surface area contributed by atoms with Gasteiger partial charge in [0.15, 0.2) is 11.5 Å². The molecule has 0 aliphatic carbocycles. The van der Waals surface area contributed by atoms with Crippen molar-refractivity contribution >= 4 is 16.9 Å². The second kappa shape index (κ2) is 9.38. The van der Waals surface area contributed by atoms with E-state index in [1.165, 1.54) is 10.8 Å². The number of unbranched alkanes of at least 4 members (excludes halogenated alkanes) is 2. The van der Waals surface area contributed by atoms with Gasteiger partial charge in [-0.2, -0.15) is 0 Å². The molecule has 0 radical (unpaired) electrons. The van der Waals surface area contributed by atoms with Crippen molar-refractivity contribution in [2.45, 2.75) is 32.2 Å². The second-order valence-corrected chi connectivity index (χ2v) is 7.28. The van der Waals surface area contributed by atoms with E-state index in [0.29, 0.717) is 28.9 Å². The Morgan fingerprint density at radius 2 is 1.90 bits per heavy atom. The zero-order chi connectivity index (χ0) is 21.6. The summed E-state index contributed by atoms with van der Waals surface area (Å²) in [5, 5.41) is 3.00. The molecule has 3 aromatic heterocycles. The summed E-state index contributed by atoms with van der Waals surface area (Å²) in [6.07, 6.45) is 7.71. The van der Waals surface area contributed by atoms with Crippen molar-refractivity contribution < 1.29 is 9.21 Å². The Morgan fingerprint density at radius 1 is 1.10 bits per heavy atom. The lowest BCUT2D eigenvalue weighted by Gasteiger charge is -2.22. The number of benzene rings is 1. The fraction of sp³-hybridized carbons (Fsp3) is 0.250. The maximum Gasteiger partial charge on any atom is 0.281 e. The molecule has 31 heavy (non-hydrogen) atoms. The fourth-order valence-electron chi connectivity index (χ4n) is 3.63. The van der Waals surface area contributed by atoms with E-state index in [-0.39, 0.29) is 17.2 Å².